The topological polar surface area (TPSA) is 53.4 Å². The molecule has 0 bridgehead atoms. The number of halogens is 1. The quantitative estimate of drug-likeness (QED) is 0.861. The summed E-state index contributed by atoms with van der Waals surface area (Å²) in [5.74, 6) is -1.21. The molecule has 0 amide bonds. The minimum Gasteiger partial charge on any atom is -0.478 e. The zero-order valence-electron chi connectivity index (χ0n) is 11.9. The molecular formula is C14H21FN2O2. The third-order valence-electron chi connectivity index (χ3n) is 2.57. The predicted molar refractivity (Wildman–Crippen MR) is 73.0 cm³/mol. The van der Waals surface area contributed by atoms with E-state index in [0.717, 1.165) is 0 Å². The number of aromatic carboxylic acids is 1. The van der Waals surface area contributed by atoms with E-state index in [1.165, 1.54) is 12.3 Å². The van der Waals surface area contributed by atoms with Gasteiger partial charge >= 0.3 is 5.97 Å². The van der Waals surface area contributed by atoms with Gasteiger partial charge in [-0.1, -0.05) is 27.7 Å². The summed E-state index contributed by atoms with van der Waals surface area (Å²) in [6.45, 7) is 9.42. The van der Waals surface area contributed by atoms with Gasteiger partial charge in [0.2, 0.25) is 0 Å². The molecule has 4 nitrogen and oxygen atoms in total. The number of hydrogen-bond acceptors (Lipinski definition) is 3. The molecule has 0 spiro atoms. The largest absolute Gasteiger partial charge is 0.478 e. The van der Waals surface area contributed by atoms with Crippen LogP contribution in [0.4, 0.5) is 10.2 Å². The average molecular weight is 268 g/mol. The minimum absolute atomic E-state index is 0.127. The molecule has 0 atom stereocenters. The Morgan fingerprint density at radius 3 is 2.26 bits per heavy atom. The van der Waals surface area contributed by atoms with Gasteiger partial charge in [0.25, 0.3) is 0 Å². The van der Waals surface area contributed by atoms with Gasteiger partial charge in [0.1, 0.15) is 5.56 Å². The van der Waals surface area contributed by atoms with Crippen molar-refractivity contribution in [2.75, 3.05) is 18.0 Å². The van der Waals surface area contributed by atoms with Crippen molar-refractivity contribution in [2.24, 2.45) is 11.8 Å². The van der Waals surface area contributed by atoms with Crippen LogP contribution in [0.15, 0.2) is 12.3 Å². The second-order valence-corrected chi connectivity index (χ2v) is 5.49. The standard InChI is InChI=1S/C14H21FN2O2/c1-9(2)7-17(8-10(3)4)13-12(15)11(14(18)19)5-6-16-13/h5-6,9-10H,7-8H2,1-4H3,(H,18,19). The Hall–Kier alpha value is -1.65. The summed E-state index contributed by atoms with van der Waals surface area (Å²) in [6, 6.07) is 1.18. The van der Waals surface area contributed by atoms with E-state index < -0.39 is 11.8 Å². The fraction of sp³-hybridized carbons (Fsp3) is 0.571. The van der Waals surface area contributed by atoms with E-state index in [9.17, 15) is 9.18 Å². The Bertz CT molecular complexity index is 437. The maximum atomic E-state index is 14.2. The van der Waals surface area contributed by atoms with Crippen LogP contribution >= 0.6 is 0 Å². The monoisotopic (exact) mass is 268 g/mol. The number of carbonyl (C=O) groups is 1. The van der Waals surface area contributed by atoms with Crippen LogP contribution < -0.4 is 4.90 Å². The zero-order chi connectivity index (χ0) is 14.6. The van der Waals surface area contributed by atoms with Gasteiger partial charge in [-0.2, -0.15) is 0 Å². The van der Waals surface area contributed by atoms with Crippen molar-refractivity contribution in [3.05, 3.63) is 23.6 Å². The van der Waals surface area contributed by atoms with Gasteiger partial charge in [-0.3, -0.25) is 0 Å². The van der Waals surface area contributed by atoms with Gasteiger partial charge in [0, 0.05) is 19.3 Å². The highest BCUT2D eigenvalue weighted by Gasteiger charge is 2.20. The van der Waals surface area contributed by atoms with Gasteiger partial charge in [-0.05, 0) is 17.9 Å². The van der Waals surface area contributed by atoms with E-state index in [4.69, 9.17) is 5.11 Å². The van der Waals surface area contributed by atoms with E-state index in [0.29, 0.717) is 24.9 Å². The van der Waals surface area contributed by atoms with E-state index in [1.807, 2.05) is 32.6 Å². The Labute approximate surface area is 113 Å². The predicted octanol–water partition coefficient (Wildman–Crippen LogP) is 3.04. The number of carboxylic acid groups (broad SMARTS) is 1. The first-order valence-corrected chi connectivity index (χ1v) is 6.45. The van der Waals surface area contributed by atoms with Crippen LogP contribution in [-0.2, 0) is 0 Å². The molecule has 0 aliphatic rings. The fourth-order valence-electron chi connectivity index (χ4n) is 1.95. The molecule has 1 N–H and O–H groups in total. The lowest BCUT2D eigenvalue weighted by atomic mass is 10.1. The summed E-state index contributed by atoms with van der Waals surface area (Å²) < 4.78 is 14.2. The average Bonchev–Trinajstić information content (AvgIpc) is 2.26. The van der Waals surface area contributed by atoms with E-state index in [-0.39, 0.29) is 11.4 Å². The van der Waals surface area contributed by atoms with Crippen LogP contribution in [0.25, 0.3) is 0 Å². The Morgan fingerprint density at radius 2 is 1.84 bits per heavy atom. The summed E-state index contributed by atoms with van der Waals surface area (Å²) in [4.78, 5) is 16.8. The van der Waals surface area contributed by atoms with Gasteiger partial charge < -0.3 is 10.0 Å². The number of hydrogen-bond donors (Lipinski definition) is 1. The Balaban J connectivity index is 3.14. The summed E-state index contributed by atoms with van der Waals surface area (Å²) in [7, 11) is 0. The third kappa shape index (κ3) is 4.19. The molecule has 19 heavy (non-hydrogen) atoms. The molecule has 5 heteroatoms. The molecule has 106 valence electrons. The van der Waals surface area contributed by atoms with Crippen molar-refractivity contribution >= 4 is 11.8 Å². The molecule has 0 aliphatic heterocycles. The van der Waals surface area contributed by atoms with Crippen molar-refractivity contribution < 1.29 is 14.3 Å². The number of pyridine rings is 1. The minimum atomic E-state index is -1.27. The van der Waals surface area contributed by atoms with Crippen LogP contribution in [0.3, 0.4) is 0 Å². The smallest absolute Gasteiger partial charge is 0.338 e. The lowest BCUT2D eigenvalue weighted by Gasteiger charge is -2.27. The van der Waals surface area contributed by atoms with E-state index >= 15 is 0 Å². The molecule has 0 radical (unpaired) electrons. The molecule has 0 aromatic carbocycles. The molecule has 1 heterocycles. The first-order chi connectivity index (χ1) is 8.82. The zero-order valence-corrected chi connectivity index (χ0v) is 11.9. The van der Waals surface area contributed by atoms with Crippen LogP contribution in [0.1, 0.15) is 38.1 Å². The molecular weight excluding hydrogens is 247 g/mol. The van der Waals surface area contributed by atoms with Crippen LogP contribution in [0.5, 0.6) is 0 Å². The molecule has 0 saturated heterocycles. The first kappa shape index (κ1) is 15.4. The van der Waals surface area contributed by atoms with Crippen LogP contribution in [0.2, 0.25) is 0 Å². The summed E-state index contributed by atoms with van der Waals surface area (Å²) in [5, 5.41) is 8.95. The normalized spacial score (nSPS) is 11.1. The maximum absolute atomic E-state index is 14.2. The van der Waals surface area contributed by atoms with Crippen LogP contribution in [-0.4, -0.2) is 29.1 Å². The first-order valence-electron chi connectivity index (χ1n) is 6.45. The number of rotatable bonds is 6. The fourth-order valence-corrected chi connectivity index (χ4v) is 1.95. The second-order valence-electron chi connectivity index (χ2n) is 5.49. The number of carboxylic acids is 1. The molecule has 1 rings (SSSR count). The van der Waals surface area contributed by atoms with Crippen molar-refractivity contribution in [3.8, 4) is 0 Å². The number of anilines is 1. The van der Waals surface area contributed by atoms with Crippen LogP contribution in [0, 0.1) is 17.7 Å². The third-order valence-corrected chi connectivity index (χ3v) is 2.57. The molecule has 0 unspecified atom stereocenters. The molecule has 0 saturated carbocycles. The van der Waals surface area contributed by atoms with Gasteiger partial charge in [-0.15, -0.1) is 0 Å². The summed E-state index contributed by atoms with van der Waals surface area (Å²) in [5.41, 5.74) is -0.331. The van der Waals surface area contributed by atoms with Crippen molar-refractivity contribution in [3.63, 3.8) is 0 Å². The number of aromatic nitrogens is 1. The number of nitrogens with zero attached hydrogens (tertiary/aromatic N) is 2. The maximum Gasteiger partial charge on any atom is 0.338 e. The van der Waals surface area contributed by atoms with Crippen molar-refractivity contribution in [1.29, 1.82) is 0 Å². The SMILES string of the molecule is CC(C)CN(CC(C)C)c1nccc(C(=O)O)c1F. The van der Waals surface area contributed by atoms with E-state index in [2.05, 4.69) is 4.98 Å². The Morgan fingerprint density at radius 1 is 1.32 bits per heavy atom. The second kappa shape index (κ2) is 6.50. The van der Waals surface area contributed by atoms with Gasteiger partial charge in [0.05, 0.1) is 0 Å². The highest BCUT2D eigenvalue weighted by atomic mass is 19.1. The highest BCUT2D eigenvalue weighted by Crippen LogP contribution is 2.21. The molecule has 1 aromatic rings. The van der Waals surface area contributed by atoms with Crippen molar-refractivity contribution in [1.82, 2.24) is 4.98 Å². The Kier molecular flexibility index (Phi) is 5.27. The van der Waals surface area contributed by atoms with Gasteiger partial charge in [-0.25, -0.2) is 14.2 Å². The summed E-state index contributed by atoms with van der Waals surface area (Å²) >= 11 is 0. The lowest BCUT2D eigenvalue weighted by molar-refractivity contribution is 0.0691. The van der Waals surface area contributed by atoms with E-state index in [1.54, 1.807) is 0 Å². The molecule has 0 fully saturated rings. The molecule has 0 aliphatic carbocycles. The highest BCUT2D eigenvalue weighted by molar-refractivity contribution is 5.88. The summed E-state index contributed by atoms with van der Waals surface area (Å²) in [6.07, 6.45) is 1.34. The van der Waals surface area contributed by atoms with Crippen molar-refractivity contribution in [2.45, 2.75) is 27.7 Å². The molecule has 1 aromatic heterocycles. The lowest BCUT2D eigenvalue weighted by Crippen LogP contribution is -2.33. The van der Waals surface area contributed by atoms with Gasteiger partial charge in [0.15, 0.2) is 11.6 Å².